The summed E-state index contributed by atoms with van der Waals surface area (Å²) >= 11 is 0. The van der Waals surface area contributed by atoms with E-state index in [2.05, 4.69) is 55.5 Å². The highest BCUT2D eigenvalue weighted by atomic mass is 16.5. The molecule has 0 bridgehead atoms. The van der Waals surface area contributed by atoms with E-state index in [1.54, 1.807) is 7.05 Å². The van der Waals surface area contributed by atoms with Crippen LogP contribution in [-0.4, -0.2) is 26.2 Å². The molecule has 0 fully saturated rings. The molecule has 1 unspecified atom stereocenters. The lowest BCUT2D eigenvalue weighted by molar-refractivity contribution is 0.271. The van der Waals surface area contributed by atoms with E-state index in [1.165, 1.54) is 5.56 Å². The summed E-state index contributed by atoms with van der Waals surface area (Å²) in [7, 11) is 1.79. The first-order valence-electron chi connectivity index (χ1n) is 7.76. The molecule has 0 heterocycles. The van der Waals surface area contributed by atoms with Gasteiger partial charge >= 0.3 is 0 Å². The third kappa shape index (κ3) is 6.52. The molecule has 0 aliphatic rings. The maximum absolute atomic E-state index is 5.70. The Kier molecular flexibility index (Phi) is 7.65. The van der Waals surface area contributed by atoms with Gasteiger partial charge in [-0.25, -0.2) is 0 Å². The van der Waals surface area contributed by atoms with E-state index in [9.17, 15) is 0 Å². The summed E-state index contributed by atoms with van der Waals surface area (Å²) in [6.45, 7) is 10.2. The fraction of sp³-hybridized carbons (Fsp3) is 0.588. The zero-order valence-electron chi connectivity index (χ0n) is 13.9. The fourth-order valence-corrected chi connectivity index (χ4v) is 1.84. The number of ether oxygens (including phenoxy) is 1. The van der Waals surface area contributed by atoms with Crippen LogP contribution in [0.5, 0.6) is 5.75 Å². The van der Waals surface area contributed by atoms with Gasteiger partial charge in [0, 0.05) is 13.6 Å². The van der Waals surface area contributed by atoms with Crippen LogP contribution in [0.1, 0.15) is 45.7 Å². The molecule has 1 aromatic rings. The van der Waals surface area contributed by atoms with Crippen molar-refractivity contribution < 1.29 is 4.74 Å². The largest absolute Gasteiger partial charge is 0.493 e. The molecular weight excluding hydrogens is 262 g/mol. The Morgan fingerprint density at radius 2 is 1.86 bits per heavy atom. The lowest BCUT2D eigenvalue weighted by atomic mass is 10.1. The van der Waals surface area contributed by atoms with Gasteiger partial charge in [-0.15, -0.1) is 0 Å². The van der Waals surface area contributed by atoms with Gasteiger partial charge in [-0.3, -0.25) is 4.99 Å². The second kappa shape index (κ2) is 9.27. The van der Waals surface area contributed by atoms with Gasteiger partial charge in [0.2, 0.25) is 0 Å². The van der Waals surface area contributed by atoms with Crippen LogP contribution in [0.3, 0.4) is 0 Å². The Hall–Kier alpha value is -1.71. The van der Waals surface area contributed by atoms with Crippen molar-refractivity contribution in [2.24, 2.45) is 10.9 Å². The summed E-state index contributed by atoms with van der Waals surface area (Å²) in [6, 6.07) is 8.45. The van der Waals surface area contributed by atoms with Crippen molar-refractivity contribution in [1.82, 2.24) is 10.6 Å². The standard InChI is InChI=1S/C17H29N3O/c1-6-11-19-17(18-5)20-14(4)15-7-9-16(10-8-15)21-12-13(2)3/h7-10,13-14H,6,11-12H2,1-5H3,(H2,18,19,20). The SMILES string of the molecule is CCCNC(=NC)NC(C)c1ccc(OCC(C)C)cc1. The van der Waals surface area contributed by atoms with Crippen LogP contribution >= 0.6 is 0 Å². The molecule has 0 spiro atoms. The molecular formula is C17H29N3O. The Labute approximate surface area is 129 Å². The van der Waals surface area contributed by atoms with Gasteiger partial charge < -0.3 is 15.4 Å². The second-order valence-corrected chi connectivity index (χ2v) is 5.64. The van der Waals surface area contributed by atoms with Crippen LogP contribution in [0.15, 0.2) is 29.3 Å². The molecule has 4 nitrogen and oxygen atoms in total. The predicted octanol–water partition coefficient (Wildman–Crippen LogP) is 3.36. The average Bonchev–Trinajstić information content (AvgIpc) is 2.49. The van der Waals surface area contributed by atoms with Gasteiger partial charge in [0.25, 0.3) is 0 Å². The van der Waals surface area contributed by atoms with Gasteiger partial charge in [0.15, 0.2) is 5.96 Å². The monoisotopic (exact) mass is 291 g/mol. The normalized spacial score (nSPS) is 13.1. The van der Waals surface area contributed by atoms with Gasteiger partial charge in [0.1, 0.15) is 5.75 Å². The minimum absolute atomic E-state index is 0.201. The topological polar surface area (TPSA) is 45.7 Å². The maximum atomic E-state index is 5.70. The van der Waals surface area contributed by atoms with Crippen molar-refractivity contribution in [1.29, 1.82) is 0 Å². The van der Waals surface area contributed by atoms with Crippen molar-refractivity contribution in [3.8, 4) is 5.75 Å². The van der Waals surface area contributed by atoms with Gasteiger partial charge in [-0.1, -0.05) is 32.9 Å². The lowest BCUT2D eigenvalue weighted by Crippen LogP contribution is -2.38. The highest BCUT2D eigenvalue weighted by Gasteiger charge is 2.07. The van der Waals surface area contributed by atoms with Crippen LogP contribution in [0.2, 0.25) is 0 Å². The number of hydrogen-bond donors (Lipinski definition) is 2. The molecule has 0 radical (unpaired) electrons. The Balaban J connectivity index is 2.56. The van der Waals surface area contributed by atoms with E-state index >= 15 is 0 Å². The average molecular weight is 291 g/mol. The second-order valence-electron chi connectivity index (χ2n) is 5.64. The molecule has 1 rings (SSSR count). The molecule has 2 N–H and O–H groups in total. The summed E-state index contributed by atoms with van der Waals surface area (Å²) in [5, 5.41) is 6.66. The highest BCUT2D eigenvalue weighted by molar-refractivity contribution is 5.80. The number of hydrogen-bond acceptors (Lipinski definition) is 2. The van der Waals surface area contributed by atoms with Gasteiger partial charge in [0.05, 0.1) is 12.6 Å². The number of guanidine groups is 1. The summed E-state index contributed by atoms with van der Waals surface area (Å²) in [5.41, 5.74) is 1.21. The maximum Gasteiger partial charge on any atom is 0.191 e. The molecule has 0 aromatic heterocycles. The Morgan fingerprint density at radius 3 is 2.38 bits per heavy atom. The Bertz CT molecular complexity index is 426. The predicted molar refractivity (Wildman–Crippen MR) is 90.0 cm³/mol. The van der Waals surface area contributed by atoms with E-state index in [-0.39, 0.29) is 6.04 Å². The number of aliphatic imine (C=N–C) groups is 1. The van der Waals surface area contributed by atoms with Crippen molar-refractivity contribution in [2.75, 3.05) is 20.2 Å². The summed E-state index contributed by atoms with van der Waals surface area (Å²) in [4.78, 5) is 4.23. The first kappa shape index (κ1) is 17.3. The van der Waals surface area contributed by atoms with Crippen molar-refractivity contribution in [3.63, 3.8) is 0 Å². The summed E-state index contributed by atoms with van der Waals surface area (Å²) in [5.74, 6) is 2.30. The summed E-state index contributed by atoms with van der Waals surface area (Å²) < 4.78 is 5.70. The fourth-order valence-electron chi connectivity index (χ4n) is 1.84. The van der Waals surface area contributed by atoms with E-state index < -0.39 is 0 Å². The number of benzene rings is 1. The van der Waals surface area contributed by atoms with Gasteiger partial charge in [-0.2, -0.15) is 0 Å². The smallest absolute Gasteiger partial charge is 0.191 e. The molecule has 0 amide bonds. The van der Waals surface area contributed by atoms with Crippen LogP contribution in [0, 0.1) is 5.92 Å². The molecule has 21 heavy (non-hydrogen) atoms. The molecule has 0 saturated heterocycles. The minimum atomic E-state index is 0.201. The molecule has 4 heteroatoms. The van der Waals surface area contributed by atoms with Crippen LogP contribution in [0.4, 0.5) is 0 Å². The molecule has 118 valence electrons. The third-order valence-electron chi connectivity index (χ3n) is 3.08. The molecule has 0 saturated carbocycles. The van der Waals surface area contributed by atoms with E-state index in [0.717, 1.165) is 31.3 Å². The first-order chi connectivity index (χ1) is 10.1. The lowest BCUT2D eigenvalue weighted by Gasteiger charge is -2.18. The zero-order chi connectivity index (χ0) is 15.7. The van der Waals surface area contributed by atoms with E-state index in [0.29, 0.717) is 5.92 Å². The number of nitrogens with one attached hydrogen (secondary N) is 2. The Morgan fingerprint density at radius 1 is 1.19 bits per heavy atom. The van der Waals surface area contributed by atoms with E-state index in [1.807, 2.05) is 12.1 Å². The van der Waals surface area contributed by atoms with Gasteiger partial charge in [-0.05, 0) is 37.0 Å². The summed E-state index contributed by atoms with van der Waals surface area (Å²) in [6.07, 6.45) is 1.08. The van der Waals surface area contributed by atoms with Crippen molar-refractivity contribution in [3.05, 3.63) is 29.8 Å². The van der Waals surface area contributed by atoms with Crippen molar-refractivity contribution >= 4 is 5.96 Å². The number of rotatable bonds is 7. The van der Waals surface area contributed by atoms with E-state index in [4.69, 9.17) is 4.74 Å². The van der Waals surface area contributed by atoms with Crippen LogP contribution < -0.4 is 15.4 Å². The molecule has 0 aliphatic heterocycles. The van der Waals surface area contributed by atoms with Crippen molar-refractivity contribution in [2.45, 2.75) is 40.2 Å². The third-order valence-corrected chi connectivity index (χ3v) is 3.08. The highest BCUT2D eigenvalue weighted by Crippen LogP contribution is 2.18. The quantitative estimate of drug-likeness (QED) is 0.598. The number of nitrogens with zero attached hydrogens (tertiary/aromatic N) is 1. The van der Waals surface area contributed by atoms with Crippen LogP contribution in [0.25, 0.3) is 0 Å². The first-order valence-corrected chi connectivity index (χ1v) is 7.76. The molecule has 1 atom stereocenters. The molecule has 1 aromatic carbocycles. The zero-order valence-corrected chi connectivity index (χ0v) is 13.9. The molecule has 0 aliphatic carbocycles. The van der Waals surface area contributed by atoms with Crippen LogP contribution in [-0.2, 0) is 0 Å². The minimum Gasteiger partial charge on any atom is -0.493 e.